The molecule has 0 unspecified atom stereocenters. The molecular formula is C22H23N3O2. The molecule has 5 heteroatoms. The summed E-state index contributed by atoms with van der Waals surface area (Å²) in [5.74, 6) is 1.53. The van der Waals surface area contributed by atoms with Gasteiger partial charge in [0.1, 0.15) is 11.6 Å². The minimum Gasteiger partial charge on any atom is -0.497 e. The van der Waals surface area contributed by atoms with Crippen LogP contribution in [-0.2, 0) is 11.3 Å². The predicted molar refractivity (Wildman–Crippen MR) is 107 cm³/mol. The number of carbonyl (C=O) groups is 1. The second-order valence-corrected chi connectivity index (χ2v) is 6.51. The van der Waals surface area contributed by atoms with Gasteiger partial charge in [-0.1, -0.05) is 42.0 Å². The maximum absolute atomic E-state index is 11.7. The highest BCUT2D eigenvalue weighted by atomic mass is 16.5. The SMILES string of the molecule is COc1cccc(-c2cnc(-c3ccc(CNC(=O)C=C(C)C)cc3)[nH]2)c1. The van der Waals surface area contributed by atoms with Gasteiger partial charge in [-0.25, -0.2) is 4.98 Å². The molecule has 27 heavy (non-hydrogen) atoms. The third-order valence-electron chi connectivity index (χ3n) is 4.07. The zero-order valence-corrected chi connectivity index (χ0v) is 15.7. The Morgan fingerprint density at radius 2 is 1.93 bits per heavy atom. The van der Waals surface area contributed by atoms with Gasteiger partial charge >= 0.3 is 0 Å². The van der Waals surface area contributed by atoms with E-state index in [9.17, 15) is 4.79 Å². The summed E-state index contributed by atoms with van der Waals surface area (Å²) < 4.78 is 5.27. The van der Waals surface area contributed by atoms with E-state index in [2.05, 4.69) is 15.3 Å². The number of nitrogens with one attached hydrogen (secondary N) is 2. The summed E-state index contributed by atoms with van der Waals surface area (Å²) >= 11 is 0. The van der Waals surface area contributed by atoms with Crippen LogP contribution in [0.2, 0.25) is 0 Å². The normalized spacial score (nSPS) is 10.3. The first kappa shape index (κ1) is 18.5. The number of allylic oxidation sites excluding steroid dienone is 1. The number of benzene rings is 2. The maximum Gasteiger partial charge on any atom is 0.244 e. The minimum absolute atomic E-state index is 0.0759. The Hall–Kier alpha value is -3.34. The monoisotopic (exact) mass is 361 g/mol. The van der Waals surface area contributed by atoms with E-state index in [0.29, 0.717) is 6.54 Å². The first-order valence-electron chi connectivity index (χ1n) is 8.76. The molecule has 0 saturated heterocycles. The number of H-pyrrole nitrogens is 1. The Morgan fingerprint density at radius 1 is 1.15 bits per heavy atom. The summed E-state index contributed by atoms with van der Waals surface area (Å²) in [5, 5.41) is 2.88. The summed E-state index contributed by atoms with van der Waals surface area (Å²) in [4.78, 5) is 19.5. The quantitative estimate of drug-likeness (QED) is 0.642. The molecule has 1 aromatic heterocycles. The minimum atomic E-state index is -0.0759. The molecular weight excluding hydrogens is 338 g/mol. The molecule has 5 nitrogen and oxygen atoms in total. The smallest absolute Gasteiger partial charge is 0.244 e. The molecule has 0 aliphatic heterocycles. The molecule has 0 bridgehead atoms. The average Bonchev–Trinajstić information content (AvgIpc) is 3.16. The van der Waals surface area contributed by atoms with Crippen LogP contribution in [0.4, 0.5) is 0 Å². The summed E-state index contributed by atoms with van der Waals surface area (Å²) in [6.45, 7) is 4.30. The van der Waals surface area contributed by atoms with Crippen molar-refractivity contribution in [2.75, 3.05) is 7.11 Å². The topological polar surface area (TPSA) is 67.0 Å². The number of imidazole rings is 1. The number of methoxy groups -OCH3 is 1. The Balaban J connectivity index is 1.70. The van der Waals surface area contributed by atoms with Crippen molar-refractivity contribution in [1.29, 1.82) is 0 Å². The van der Waals surface area contributed by atoms with E-state index >= 15 is 0 Å². The molecule has 0 aliphatic rings. The van der Waals surface area contributed by atoms with Gasteiger partial charge in [0.15, 0.2) is 0 Å². The molecule has 138 valence electrons. The van der Waals surface area contributed by atoms with E-state index in [0.717, 1.165) is 39.5 Å². The van der Waals surface area contributed by atoms with E-state index < -0.39 is 0 Å². The molecule has 0 saturated carbocycles. The van der Waals surface area contributed by atoms with Gasteiger partial charge in [0.05, 0.1) is 19.0 Å². The molecule has 1 heterocycles. The maximum atomic E-state index is 11.7. The lowest BCUT2D eigenvalue weighted by Gasteiger charge is -2.04. The van der Waals surface area contributed by atoms with Crippen LogP contribution >= 0.6 is 0 Å². The molecule has 3 aromatic rings. The van der Waals surface area contributed by atoms with Crippen molar-refractivity contribution in [3.63, 3.8) is 0 Å². The Labute approximate surface area is 159 Å². The summed E-state index contributed by atoms with van der Waals surface area (Å²) in [6, 6.07) is 15.8. The molecule has 0 spiro atoms. The standard InChI is InChI=1S/C22H23N3O2/c1-15(2)11-21(26)23-13-16-7-9-17(10-8-16)22-24-14-20(25-22)18-5-4-6-19(12-18)27-3/h4-12,14H,13H2,1-3H3,(H,23,26)(H,24,25). The number of hydrogen-bond acceptors (Lipinski definition) is 3. The van der Waals surface area contributed by atoms with Gasteiger partial charge in [-0.2, -0.15) is 0 Å². The van der Waals surface area contributed by atoms with E-state index in [1.165, 1.54) is 0 Å². The molecule has 0 atom stereocenters. The van der Waals surface area contributed by atoms with Gasteiger partial charge in [0.25, 0.3) is 0 Å². The van der Waals surface area contributed by atoms with Gasteiger partial charge < -0.3 is 15.0 Å². The van der Waals surface area contributed by atoms with Crippen molar-refractivity contribution in [3.05, 3.63) is 71.9 Å². The van der Waals surface area contributed by atoms with Gasteiger partial charge in [-0.3, -0.25) is 4.79 Å². The summed E-state index contributed by atoms with van der Waals surface area (Å²) in [7, 11) is 1.65. The van der Waals surface area contributed by atoms with Gasteiger partial charge in [0, 0.05) is 23.7 Å². The lowest BCUT2D eigenvalue weighted by atomic mass is 10.1. The number of hydrogen-bond donors (Lipinski definition) is 2. The molecule has 2 N–H and O–H groups in total. The number of carbonyl (C=O) groups excluding carboxylic acids is 1. The van der Waals surface area contributed by atoms with Crippen LogP contribution in [0.5, 0.6) is 5.75 Å². The highest BCUT2D eigenvalue weighted by Gasteiger charge is 2.07. The van der Waals surface area contributed by atoms with Crippen LogP contribution in [0.3, 0.4) is 0 Å². The Morgan fingerprint density at radius 3 is 2.63 bits per heavy atom. The summed E-state index contributed by atoms with van der Waals surface area (Å²) in [5.41, 5.74) is 4.96. The third kappa shape index (κ3) is 4.85. The van der Waals surface area contributed by atoms with Crippen LogP contribution < -0.4 is 10.1 Å². The lowest BCUT2D eigenvalue weighted by molar-refractivity contribution is -0.116. The van der Waals surface area contributed by atoms with Crippen molar-refractivity contribution < 1.29 is 9.53 Å². The number of nitrogens with zero attached hydrogens (tertiary/aromatic N) is 1. The van der Waals surface area contributed by atoms with E-state index in [4.69, 9.17) is 4.74 Å². The largest absolute Gasteiger partial charge is 0.497 e. The van der Waals surface area contributed by atoms with Crippen LogP contribution in [0.1, 0.15) is 19.4 Å². The molecule has 0 aliphatic carbocycles. The van der Waals surface area contributed by atoms with Crippen LogP contribution in [0.25, 0.3) is 22.6 Å². The van der Waals surface area contributed by atoms with Gasteiger partial charge in [0.2, 0.25) is 5.91 Å². The second-order valence-electron chi connectivity index (χ2n) is 6.51. The Bertz CT molecular complexity index is 952. The fourth-order valence-corrected chi connectivity index (χ4v) is 2.69. The van der Waals surface area contributed by atoms with Crippen LogP contribution in [0.15, 0.2) is 66.4 Å². The number of aromatic amines is 1. The van der Waals surface area contributed by atoms with E-state index in [1.54, 1.807) is 13.2 Å². The predicted octanol–water partition coefficient (Wildman–Crippen LogP) is 4.33. The molecule has 2 aromatic carbocycles. The fraction of sp³-hybridized carbons (Fsp3) is 0.182. The summed E-state index contributed by atoms with van der Waals surface area (Å²) in [6.07, 6.45) is 3.41. The van der Waals surface area contributed by atoms with Crippen LogP contribution in [-0.4, -0.2) is 23.0 Å². The Kier molecular flexibility index (Phi) is 5.71. The van der Waals surface area contributed by atoms with Crippen molar-refractivity contribution in [2.45, 2.75) is 20.4 Å². The number of amides is 1. The average molecular weight is 361 g/mol. The van der Waals surface area contributed by atoms with Crippen molar-refractivity contribution in [2.24, 2.45) is 0 Å². The van der Waals surface area contributed by atoms with Gasteiger partial charge in [-0.15, -0.1) is 0 Å². The highest BCUT2D eigenvalue weighted by Crippen LogP contribution is 2.25. The lowest BCUT2D eigenvalue weighted by Crippen LogP contribution is -2.20. The second kappa shape index (κ2) is 8.36. The number of rotatable bonds is 6. The third-order valence-corrected chi connectivity index (χ3v) is 4.07. The van der Waals surface area contributed by atoms with Gasteiger partial charge in [-0.05, 0) is 31.5 Å². The molecule has 0 radical (unpaired) electrons. The fourth-order valence-electron chi connectivity index (χ4n) is 2.69. The molecule has 1 amide bonds. The molecule has 3 rings (SSSR count). The zero-order chi connectivity index (χ0) is 19.2. The van der Waals surface area contributed by atoms with Crippen LogP contribution in [0, 0.1) is 0 Å². The number of ether oxygens (including phenoxy) is 1. The zero-order valence-electron chi connectivity index (χ0n) is 15.7. The number of aromatic nitrogens is 2. The molecule has 0 fully saturated rings. The van der Waals surface area contributed by atoms with E-state index in [-0.39, 0.29) is 5.91 Å². The van der Waals surface area contributed by atoms with Crippen molar-refractivity contribution in [3.8, 4) is 28.4 Å². The van der Waals surface area contributed by atoms with E-state index in [1.807, 2.05) is 68.6 Å². The van der Waals surface area contributed by atoms with Crippen molar-refractivity contribution in [1.82, 2.24) is 15.3 Å². The first-order valence-corrected chi connectivity index (χ1v) is 8.76. The van der Waals surface area contributed by atoms with Crippen molar-refractivity contribution >= 4 is 5.91 Å². The highest BCUT2D eigenvalue weighted by molar-refractivity contribution is 5.88. The first-order chi connectivity index (χ1) is 13.0.